The molecule has 2 unspecified atom stereocenters. The average Bonchev–Trinajstić information content (AvgIpc) is 3.59. The van der Waals surface area contributed by atoms with Crippen molar-refractivity contribution in [3.8, 4) is 5.88 Å². The SMILES string of the molecule is COc1nc(C)cnc1NS(=O)(=O)C1=CC=CN(C(=O)OCC(C)C)C1c1ccc(CC2(C)CO2)cc1. The molecule has 4 rings (SSSR count). The Hall–Kier alpha value is -3.44. The van der Waals surface area contributed by atoms with Gasteiger partial charge in [0, 0.05) is 12.6 Å². The molecule has 1 amide bonds. The van der Waals surface area contributed by atoms with Crippen molar-refractivity contribution in [1.82, 2.24) is 14.9 Å². The maximum atomic E-state index is 13.7. The molecule has 1 aromatic heterocycles. The first-order valence-electron chi connectivity index (χ1n) is 12.0. The molecule has 2 aromatic rings. The van der Waals surface area contributed by atoms with E-state index in [0.717, 1.165) is 12.0 Å². The molecule has 198 valence electrons. The number of methoxy groups -OCH3 is 1. The molecule has 2 aliphatic heterocycles. The quantitative estimate of drug-likeness (QED) is 0.482. The van der Waals surface area contributed by atoms with Crippen molar-refractivity contribution in [1.29, 1.82) is 0 Å². The van der Waals surface area contributed by atoms with Crippen molar-refractivity contribution in [3.63, 3.8) is 0 Å². The number of rotatable bonds is 9. The Kier molecular flexibility index (Phi) is 7.56. The molecule has 2 atom stereocenters. The molecule has 1 aromatic carbocycles. The first-order valence-corrected chi connectivity index (χ1v) is 13.5. The summed E-state index contributed by atoms with van der Waals surface area (Å²) in [5, 5.41) is 0. The summed E-state index contributed by atoms with van der Waals surface area (Å²) < 4.78 is 45.9. The van der Waals surface area contributed by atoms with E-state index in [1.807, 2.05) is 45.0 Å². The summed E-state index contributed by atoms with van der Waals surface area (Å²) in [6.07, 6.45) is 6.01. The summed E-state index contributed by atoms with van der Waals surface area (Å²) in [4.78, 5) is 22.6. The van der Waals surface area contributed by atoms with E-state index in [0.29, 0.717) is 17.9 Å². The highest BCUT2D eigenvalue weighted by molar-refractivity contribution is 7.96. The average molecular weight is 529 g/mol. The number of nitrogens with one attached hydrogen (secondary N) is 1. The minimum absolute atomic E-state index is 0.0421. The molecule has 1 N–H and O–H groups in total. The highest BCUT2D eigenvalue weighted by Crippen LogP contribution is 2.38. The molecule has 2 aliphatic rings. The van der Waals surface area contributed by atoms with E-state index >= 15 is 0 Å². The molecular formula is C26H32N4O6S. The zero-order chi connectivity index (χ0) is 26.8. The van der Waals surface area contributed by atoms with Crippen LogP contribution in [0.2, 0.25) is 0 Å². The van der Waals surface area contributed by atoms with Crippen molar-refractivity contribution >= 4 is 21.9 Å². The van der Waals surface area contributed by atoms with Crippen LogP contribution in [0.5, 0.6) is 5.88 Å². The number of allylic oxidation sites excluding steroid dienone is 2. The van der Waals surface area contributed by atoms with Crippen LogP contribution >= 0.6 is 0 Å². The van der Waals surface area contributed by atoms with Gasteiger partial charge in [0.05, 0.1) is 42.7 Å². The van der Waals surface area contributed by atoms with Gasteiger partial charge in [-0.05, 0) is 43.0 Å². The zero-order valence-corrected chi connectivity index (χ0v) is 22.4. The summed E-state index contributed by atoms with van der Waals surface area (Å²) in [5.74, 6) is 0.110. The van der Waals surface area contributed by atoms with Crippen molar-refractivity contribution in [2.24, 2.45) is 5.92 Å². The predicted octanol–water partition coefficient (Wildman–Crippen LogP) is 4.11. The maximum absolute atomic E-state index is 13.7. The number of aryl methyl sites for hydroxylation is 1. The molecule has 10 nitrogen and oxygen atoms in total. The van der Waals surface area contributed by atoms with Gasteiger partial charge in [-0.25, -0.2) is 23.2 Å². The second kappa shape index (κ2) is 10.5. The van der Waals surface area contributed by atoms with Crippen LogP contribution in [-0.2, 0) is 25.9 Å². The van der Waals surface area contributed by atoms with E-state index in [1.54, 1.807) is 6.92 Å². The molecule has 1 saturated heterocycles. The van der Waals surface area contributed by atoms with Gasteiger partial charge >= 0.3 is 6.09 Å². The van der Waals surface area contributed by atoms with E-state index in [2.05, 4.69) is 14.7 Å². The standard InChI is InChI=1S/C26H32N4O6S/c1-17(2)15-35-25(31)30-12-6-7-21(37(32,33)29-23-24(34-5)28-18(3)14-27-23)22(30)20-10-8-19(9-11-20)13-26(4)16-36-26/h6-12,14,17,22H,13,15-16H2,1-5H3,(H,27,29). The number of aromatic nitrogens is 2. The van der Waals surface area contributed by atoms with Crippen LogP contribution in [0.4, 0.5) is 10.6 Å². The van der Waals surface area contributed by atoms with E-state index < -0.39 is 22.2 Å². The lowest BCUT2D eigenvalue weighted by Crippen LogP contribution is -2.37. The molecule has 0 bridgehead atoms. The first-order chi connectivity index (χ1) is 17.5. The number of sulfonamides is 1. The van der Waals surface area contributed by atoms with E-state index in [9.17, 15) is 13.2 Å². The van der Waals surface area contributed by atoms with Gasteiger partial charge in [-0.15, -0.1) is 0 Å². The summed E-state index contributed by atoms with van der Waals surface area (Å²) >= 11 is 0. The molecule has 0 aliphatic carbocycles. The normalized spacial score (nSPS) is 21.0. The largest absolute Gasteiger partial charge is 0.478 e. The number of hydrogen-bond acceptors (Lipinski definition) is 8. The van der Waals surface area contributed by atoms with Crippen LogP contribution in [-0.4, -0.2) is 55.3 Å². The predicted molar refractivity (Wildman–Crippen MR) is 138 cm³/mol. The van der Waals surface area contributed by atoms with Gasteiger partial charge in [-0.1, -0.05) is 38.1 Å². The van der Waals surface area contributed by atoms with E-state index in [4.69, 9.17) is 14.2 Å². The number of carbonyl (C=O) groups is 1. The highest BCUT2D eigenvalue weighted by Gasteiger charge is 2.40. The lowest BCUT2D eigenvalue weighted by molar-refractivity contribution is 0.0984. The van der Waals surface area contributed by atoms with Gasteiger partial charge in [-0.3, -0.25) is 9.62 Å². The Labute approximate surface area is 217 Å². The molecule has 0 spiro atoms. The second-order valence-corrected chi connectivity index (χ2v) is 11.5. The lowest BCUT2D eigenvalue weighted by Gasteiger charge is -2.32. The van der Waals surface area contributed by atoms with Gasteiger partial charge in [0.2, 0.25) is 5.82 Å². The van der Waals surface area contributed by atoms with E-state index in [-0.39, 0.29) is 34.7 Å². The van der Waals surface area contributed by atoms with Gasteiger partial charge in [0.25, 0.3) is 15.9 Å². The smallest absolute Gasteiger partial charge is 0.414 e. The second-order valence-electron chi connectivity index (χ2n) is 9.82. The molecule has 0 radical (unpaired) electrons. The number of ether oxygens (including phenoxy) is 3. The highest BCUT2D eigenvalue weighted by atomic mass is 32.2. The van der Waals surface area contributed by atoms with Crippen molar-refractivity contribution in [2.75, 3.05) is 25.0 Å². The Morgan fingerprint density at radius 3 is 2.62 bits per heavy atom. The van der Waals surface area contributed by atoms with Crippen LogP contribution in [0.1, 0.15) is 43.6 Å². The summed E-state index contributed by atoms with van der Waals surface area (Å²) in [6.45, 7) is 8.52. The number of anilines is 1. The zero-order valence-electron chi connectivity index (χ0n) is 21.6. The van der Waals surface area contributed by atoms with Gasteiger partial charge in [-0.2, -0.15) is 0 Å². The molecule has 11 heteroatoms. The van der Waals surface area contributed by atoms with Crippen molar-refractivity contribution < 1.29 is 27.4 Å². The maximum Gasteiger partial charge on any atom is 0.414 e. The number of carbonyl (C=O) groups excluding carboxylic acids is 1. The molecule has 3 heterocycles. The monoisotopic (exact) mass is 528 g/mol. The molecule has 1 fully saturated rings. The molecule has 37 heavy (non-hydrogen) atoms. The van der Waals surface area contributed by atoms with Gasteiger partial charge in [0.15, 0.2) is 0 Å². The Morgan fingerprint density at radius 2 is 2.00 bits per heavy atom. The van der Waals surface area contributed by atoms with Crippen LogP contribution in [0.25, 0.3) is 0 Å². The van der Waals surface area contributed by atoms with E-state index in [1.165, 1.54) is 36.6 Å². The van der Waals surface area contributed by atoms with Crippen LogP contribution in [0.3, 0.4) is 0 Å². The topological polar surface area (TPSA) is 123 Å². The Morgan fingerprint density at radius 1 is 1.30 bits per heavy atom. The number of benzene rings is 1. The summed E-state index contributed by atoms with van der Waals surface area (Å²) in [6, 6.07) is 6.52. The van der Waals surface area contributed by atoms with Crippen LogP contribution < -0.4 is 9.46 Å². The van der Waals surface area contributed by atoms with Gasteiger partial charge in [0.1, 0.15) is 6.04 Å². The minimum Gasteiger partial charge on any atom is -0.478 e. The molecule has 0 saturated carbocycles. The first kappa shape index (κ1) is 26.6. The van der Waals surface area contributed by atoms with Crippen molar-refractivity contribution in [2.45, 2.75) is 45.8 Å². The lowest BCUT2D eigenvalue weighted by atomic mass is 9.97. The number of amides is 1. The number of epoxide rings is 1. The van der Waals surface area contributed by atoms with Crippen molar-refractivity contribution in [3.05, 3.63) is 70.5 Å². The fourth-order valence-corrected chi connectivity index (χ4v) is 5.23. The third-order valence-corrected chi connectivity index (χ3v) is 7.35. The molecular weight excluding hydrogens is 496 g/mol. The summed E-state index contributed by atoms with van der Waals surface area (Å²) in [7, 11) is -2.82. The third kappa shape index (κ3) is 6.28. The van der Waals surface area contributed by atoms with Crippen LogP contribution in [0.15, 0.2) is 53.7 Å². The minimum atomic E-state index is -4.20. The third-order valence-electron chi connectivity index (χ3n) is 5.91. The van der Waals surface area contributed by atoms with Gasteiger partial charge < -0.3 is 14.2 Å². The fraction of sp³-hybridized carbons (Fsp3) is 0.423. The van der Waals surface area contributed by atoms with Crippen LogP contribution in [0, 0.1) is 12.8 Å². The Bertz CT molecular complexity index is 1320. The Balaban J connectivity index is 1.69. The fourth-order valence-electron chi connectivity index (χ4n) is 3.91. The number of hydrogen-bond donors (Lipinski definition) is 1. The summed E-state index contributed by atoms with van der Waals surface area (Å²) in [5.41, 5.74) is 2.07. The number of nitrogens with zero attached hydrogens (tertiary/aromatic N) is 3.